The molecule has 0 amide bonds. The van der Waals surface area contributed by atoms with Crippen molar-refractivity contribution in [2.24, 2.45) is 0 Å². The molecule has 0 unspecified atom stereocenters. The molecule has 1 aliphatic heterocycles. The molecule has 112 valence electrons. The van der Waals surface area contributed by atoms with Crippen LogP contribution in [0.15, 0.2) is 23.2 Å². The van der Waals surface area contributed by atoms with E-state index in [2.05, 4.69) is 10.3 Å². The molecular weight excluding hydrogens is 278 g/mol. The van der Waals surface area contributed by atoms with Crippen LogP contribution in [0.1, 0.15) is 19.3 Å². The van der Waals surface area contributed by atoms with Crippen LogP contribution in [-0.4, -0.2) is 51.1 Å². The Labute approximate surface area is 120 Å². The van der Waals surface area contributed by atoms with Crippen molar-refractivity contribution in [1.29, 1.82) is 0 Å². The molecule has 2 rings (SSSR count). The predicted octanol–water partition coefficient (Wildman–Crippen LogP) is 1.31. The lowest BCUT2D eigenvalue weighted by Crippen LogP contribution is -2.27. The minimum Gasteiger partial charge on any atom is -0.385 e. The van der Waals surface area contributed by atoms with Gasteiger partial charge in [0, 0.05) is 39.5 Å². The molecule has 1 aromatic heterocycles. The molecule has 0 atom stereocenters. The van der Waals surface area contributed by atoms with Gasteiger partial charge in [-0.1, -0.05) is 0 Å². The molecule has 6 nitrogen and oxygen atoms in total. The van der Waals surface area contributed by atoms with Crippen molar-refractivity contribution in [1.82, 2.24) is 9.29 Å². The average Bonchev–Trinajstić information content (AvgIpc) is 2.99. The van der Waals surface area contributed by atoms with E-state index in [9.17, 15) is 8.42 Å². The molecule has 0 aromatic carbocycles. The molecule has 0 saturated carbocycles. The fourth-order valence-corrected chi connectivity index (χ4v) is 3.61. The van der Waals surface area contributed by atoms with Crippen LogP contribution >= 0.6 is 0 Å². The largest absolute Gasteiger partial charge is 0.385 e. The molecule has 2 heterocycles. The van der Waals surface area contributed by atoms with Crippen molar-refractivity contribution in [2.75, 3.05) is 38.7 Å². The number of methoxy groups -OCH3 is 1. The second kappa shape index (κ2) is 7.01. The highest BCUT2D eigenvalue weighted by Crippen LogP contribution is 2.20. The normalized spacial score (nSPS) is 16.4. The molecule has 20 heavy (non-hydrogen) atoms. The second-order valence-electron chi connectivity index (χ2n) is 4.76. The Kier molecular flexibility index (Phi) is 5.33. The number of ether oxygens (including phenoxy) is 1. The van der Waals surface area contributed by atoms with E-state index in [-0.39, 0.29) is 4.90 Å². The first kappa shape index (κ1) is 15.2. The Bertz CT molecular complexity index is 510. The van der Waals surface area contributed by atoms with Crippen LogP contribution < -0.4 is 5.32 Å². The number of rotatable bonds is 7. The minimum atomic E-state index is -3.36. The van der Waals surface area contributed by atoms with Gasteiger partial charge in [-0.2, -0.15) is 4.31 Å². The molecular formula is C13H21N3O3S. The smallest absolute Gasteiger partial charge is 0.244 e. The van der Waals surface area contributed by atoms with Crippen LogP contribution in [0.5, 0.6) is 0 Å². The zero-order valence-electron chi connectivity index (χ0n) is 11.7. The number of aromatic nitrogens is 1. The third-order valence-electron chi connectivity index (χ3n) is 3.27. The lowest BCUT2D eigenvalue weighted by molar-refractivity contribution is 0.198. The third-order valence-corrected chi connectivity index (χ3v) is 5.15. The van der Waals surface area contributed by atoms with Gasteiger partial charge in [0.15, 0.2) is 0 Å². The molecule has 1 aromatic rings. The fraction of sp³-hybridized carbons (Fsp3) is 0.615. The van der Waals surface area contributed by atoms with Crippen molar-refractivity contribution in [2.45, 2.75) is 24.2 Å². The zero-order valence-corrected chi connectivity index (χ0v) is 12.5. The van der Waals surface area contributed by atoms with Crippen molar-refractivity contribution >= 4 is 15.8 Å². The standard InChI is InChI=1S/C13H21N3O3S/c1-19-10-4-7-14-13-6-5-12(11-15-13)20(17,18)16-8-2-3-9-16/h5-6,11H,2-4,7-10H2,1H3,(H,14,15). The van der Waals surface area contributed by atoms with Crippen LogP contribution in [0.2, 0.25) is 0 Å². The highest BCUT2D eigenvalue weighted by atomic mass is 32.2. The Balaban J connectivity index is 1.97. The van der Waals surface area contributed by atoms with E-state index in [4.69, 9.17) is 4.74 Å². The molecule has 0 bridgehead atoms. The number of sulfonamides is 1. The van der Waals surface area contributed by atoms with Gasteiger partial charge in [0.05, 0.1) is 0 Å². The molecule has 1 aliphatic rings. The van der Waals surface area contributed by atoms with E-state index < -0.39 is 10.0 Å². The summed E-state index contributed by atoms with van der Waals surface area (Å²) < 4.78 is 31.1. The molecule has 1 saturated heterocycles. The van der Waals surface area contributed by atoms with E-state index in [1.807, 2.05) is 0 Å². The summed E-state index contributed by atoms with van der Waals surface area (Å²) in [6.45, 7) is 2.66. The van der Waals surface area contributed by atoms with Gasteiger partial charge >= 0.3 is 0 Å². The molecule has 0 aliphatic carbocycles. The van der Waals surface area contributed by atoms with Gasteiger partial charge in [-0.3, -0.25) is 0 Å². The molecule has 0 spiro atoms. The zero-order chi connectivity index (χ0) is 14.4. The van der Waals surface area contributed by atoms with Crippen LogP contribution in [0, 0.1) is 0 Å². The minimum absolute atomic E-state index is 0.266. The maximum absolute atomic E-state index is 12.3. The van der Waals surface area contributed by atoms with Gasteiger partial charge in [0.25, 0.3) is 0 Å². The maximum Gasteiger partial charge on any atom is 0.244 e. The van der Waals surface area contributed by atoms with Crippen LogP contribution in [0.4, 0.5) is 5.82 Å². The highest BCUT2D eigenvalue weighted by Gasteiger charge is 2.27. The molecule has 7 heteroatoms. The Morgan fingerprint density at radius 3 is 2.70 bits per heavy atom. The van der Waals surface area contributed by atoms with E-state index >= 15 is 0 Å². The quantitative estimate of drug-likeness (QED) is 0.769. The summed E-state index contributed by atoms with van der Waals surface area (Å²) in [5.41, 5.74) is 0. The lowest BCUT2D eigenvalue weighted by Gasteiger charge is -2.15. The summed E-state index contributed by atoms with van der Waals surface area (Å²) in [5, 5.41) is 3.13. The Morgan fingerprint density at radius 2 is 2.10 bits per heavy atom. The topological polar surface area (TPSA) is 71.5 Å². The first-order valence-corrected chi connectivity index (χ1v) is 8.27. The van der Waals surface area contributed by atoms with Crippen molar-refractivity contribution in [3.05, 3.63) is 18.3 Å². The summed E-state index contributed by atoms with van der Waals surface area (Å²) in [7, 11) is -1.70. The average molecular weight is 299 g/mol. The number of nitrogens with one attached hydrogen (secondary N) is 1. The van der Waals surface area contributed by atoms with E-state index in [1.165, 1.54) is 10.5 Å². The first-order chi connectivity index (χ1) is 9.64. The summed E-state index contributed by atoms with van der Waals surface area (Å²) in [6.07, 6.45) is 4.18. The van der Waals surface area contributed by atoms with Gasteiger partial charge < -0.3 is 10.1 Å². The Hall–Kier alpha value is -1.18. The lowest BCUT2D eigenvalue weighted by atomic mass is 10.4. The van der Waals surface area contributed by atoms with E-state index in [0.717, 1.165) is 25.8 Å². The van der Waals surface area contributed by atoms with Gasteiger partial charge in [0.1, 0.15) is 10.7 Å². The summed E-state index contributed by atoms with van der Waals surface area (Å²) >= 11 is 0. The first-order valence-electron chi connectivity index (χ1n) is 6.83. The number of hydrogen-bond donors (Lipinski definition) is 1. The summed E-state index contributed by atoms with van der Waals surface area (Å²) in [4.78, 5) is 4.42. The van der Waals surface area contributed by atoms with Gasteiger partial charge in [0.2, 0.25) is 10.0 Å². The molecule has 1 fully saturated rings. The van der Waals surface area contributed by atoms with Crippen LogP contribution in [0.3, 0.4) is 0 Å². The molecule has 1 N–H and O–H groups in total. The number of nitrogens with zero attached hydrogens (tertiary/aromatic N) is 2. The van der Waals surface area contributed by atoms with Gasteiger partial charge in [-0.15, -0.1) is 0 Å². The second-order valence-corrected chi connectivity index (χ2v) is 6.70. The van der Waals surface area contributed by atoms with E-state index in [1.54, 1.807) is 19.2 Å². The van der Waals surface area contributed by atoms with Crippen LogP contribution in [0.25, 0.3) is 0 Å². The summed E-state index contributed by atoms with van der Waals surface area (Å²) in [5.74, 6) is 0.682. The number of anilines is 1. The fourth-order valence-electron chi connectivity index (χ4n) is 2.15. The van der Waals surface area contributed by atoms with Crippen molar-refractivity contribution < 1.29 is 13.2 Å². The predicted molar refractivity (Wildman–Crippen MR) is 77.2 cm³/mol. The van der Waals surface area contributed by atoms with Crippen molar-refractivity contribution in [3.63, 3.8) is 0 Å². The van der Waals surface area contributed by atoms with E-state index in [0.29, 0.717) is 25.5 Å². The third kappa shape index (κ3) is 3.68. The van der Waals surface area contributed by atoms with Gasteiger partial charge in [-0.25, -0.2) is 13.4 Å². The summed E-state index contributed by atoms with van der Waals surface area (Å²) in [6, 6.07) is 3.31. The molecule has 0 radical (unpaired) electrons. The van der Waals surface area contributed by atoms with Crippen molar-refractivity contribution in [3.8, 4) is 0 Å². The SMILES string of the molecule is COCCCNc1ccc(S(=O)(=O)N2CCCC2)cn1. The highest BCUT2D eigenvalue weighted by molar-refractivity contribution is 7.89. The van der Waals surface area contributed by atoms with Crippen LogP contribution in [-0.2, 0) is 14.8 Å². The number of pyridine rings is 1. The maximum atomic E-state index is 12.3. The Morgan fingerprint density at radius 1 is 1.35 bits per heavy atom. The number of hydrogen-bond acceptors (Lipinski definition) is 5. The monoisotopic (exact) mass is 299 g/mol. The van der Waals surface area contributed by atoms with Gasteiger partial charge in [-0.05, 0) is 31.4 Å².